The van der Waals surface area contributed by atoms with Gasteiger partial charge in [-0.3, -0.25) is 9.79 Å². The first-order valence-corrected chi connectivity index (χ1v) is 5.53. The molecule has 0 aliphatic carbocycles. The van der Waals surface area contributed by atoms with Crippen LogP contribution in [0.1, 0.15) is 6.92 Å². The van der Waals surface area contributed by atoms with Crippen LogP contribution in [0.25, 0.3) is 0 Å². The largest absolute Gasteiger partial charge is 0.524 e. The summed E-state index contributed by atoms with van der Waals surface area (Å²) in [4.78, 5) is 16.7. The molecule has 0 saturated carbocycles. The molecule has 80 valence electrons. The summed E-state index contributed by atoms with van der Waals surface area (Å²) in [5.41, 5.74) is 4.85. The Morgan fingerprint density at radius 3 is 2.14 bits per heavy atom. The van der Waals surface area contributed by atoms with Gasteiger partial charge >= 0.3 is 7.82 Å². The van der Waals surface area contributed by atoms with Gasteiger partial charge in [0, 0.05) is 0 Å². The quantitative estimate of drug-likeness (QED) is 0.648. The van der Waals surface area contributed by atoms with Crippen molar-refractivity contribution in [2.24, 2.45) is 5.73 Å². The summed E-state index contributed by atoms with van der Waals surface area (Å²) in [6, 6.07) is 7.93. The van der Waals surface area contributed by atoms with E-state index in [2.05, 4.69) is 4.52 Å². The summed E-state index contributed by atoms with van der Waals surface area (Å²) in [5, 5.41) is 0. The molecule has 0 atom stereocenters. The number of phosphoric acid groups is 1. The van der Waals surface area contributed by atoms with E-state index in [0.29, 0.717) is 0 Å². The zero-order valence-corrected chi connectivity index (χ0v) is 8.72. The molecular weight excluding hydrogens is 205 g/mol. The van der Waals surface area contributed by atoms with Crippen molar-refractivity contribution < 1.29 is 18.9 Å². The molecule has 5 nitrogen and oxygen atoms in total. The van der Waals surface area contributed by atoms with Gasteiger partial charge in [0.05, 0.1) is 0 Å². The molecule has 0 aromatic heterocycles. The van der Waals surface area contributed by atoms with E-state index in [0.717, 1.165) is 6.54 Å². The Morgan fingerprint density at radius 1 is 1.36 bits per heavy atom. The van der Waals surface area contributed by atoms with Gasteiger partial charge in [-0.1, -0.05) is 25.1 Å². The van der Waals surface area contributed by atoms with Gasteiger partial charge in [0.2, 0.25) is 0 Å². The average Bonchev–Trinajstić information content (AvgIpc) is 2.04. The molecule has 6 heteroatoms. The second-order valence-electron chi connectivity index (χ2n) is 2.30. The normalized spacial score (nSPS) is 10.0. The minimum absolute atomic E-state index is 0.167. The van der Waals surface area contributed by atoms with Crippen molar-refractivity contribution in [1.29, 1.82) is 0 Å². The molecule has 0 saturated heterocycles. The molecule has 0 radical (unpaired) electrons. The highest BCUT2D eigenvalue weighted by atomic mass is 31.2. The summed E-state index contributed by atoms with van der Waals surface area (Å²) in [6.07, 6.45) is 0. The molecular formula is C8H14NO4P. The number of benzene rings is 1. The van der Waals surface area contributed by atoms with Gasteiger partial charge in [-0.2, -0.15) is 0 Å². The fraction of sp³-hybridized carbons (Fsp3) is 0.250. The Labute approximate surface area is 82.8 Å². The van der Waals surface area contributed by atoms with Crippen molar-refractivity contribution in [3.8, 4) is 5.75 Å². The molecule has 1 aromatic rings. The van der Waals surface area contributed by atoms with Crippen molar-refractivity contribution in [3.05, 3.63) is 30.3 Å². The Bertz CT molecular complexity index is 285. The van der Waals surface area contributed by atoms with Gasteiger partial charge in [0.1, 0.15) is 5.75 Å². The van der Waals surface area contributed by atoms with Crippen LogP contribution in [-0.4, -0.2) is 16.3 Å². The fourth-order valence-corrected chi connectivity index (χ4v) is 1.02. The Morgan fingerprint density at radius 2 is 1.79 bits per heavy atom. The minimum Gasteiger partial charge on any atom is -0.404 e. The third kappa shape index (κ3) is 7.76. The van der Waals surface area contributed by atoms with Gasteiger partial charge in [-0.25, -0.2) is 4.57 Å². The number of phosphoric ester groups is 1. The minimum atomic E-state index is -4.39. The standard InChI is InChI=1S/C6H7O4P.C2H7N/c7-11(8,9)10-6-4-2-1-3-5-6;1-2-3/h1-5H,(H2,7,8,9);2-3H2,1H3. The van der Waals surface area contributed by atoms with Gasteiger partial charge < -0.3 is 10.3 Å². The summed E-state index contributed by atoms with van der Waals surface area (Å²) in [6.45, 7) is 2.65. The lowest BCUT2D eigenvalue weighted by Gasteiger charge is -2.04. The predicted molar refractivity (Wildman–Crippen MR) is 53.8 cm³/mol. The van der Waals surface area contributed by atoms with Gasteiger partial charge in [-0.05, 0) is 18.7 Å². The lowest BCUT2D eigenvalue weighted by Crippen LogP contribution is -1.88. The van der Waals surface area contributed by atoms with Crippen LogP contribution in [0.3, 0.4) is 0 Å². The molecule has 0 aliphatic heterocycles. The van der Waals surface area contributed by atoms with E-state index in [1.54, 1.807) is 18.2 Å². The van der Waals surface area contributed by atoms with Crippen molar-refractivity contribution in [3.63, 3.8) is 0 Å². The molecule has 1 rings (SSSR count). The second kappa shape index (κ2) is 6.56. The Balaban J connectivity index is 0.000000500. The first-order chi connectivity index (χ1) is 6.49. The lowest BCUT2D eigenvalue weighted by atomic mass is 10.3. The number of hydrogen-bond acceptors (Lipinski definition) is 3. The van der Waals surface area contributed by atoms with Crippen molar-refractivity contribution in [2.75, 3.05) is 6.54 Å². The van der Waals surface area contributed by atoms with E-state index in [1.165, 1.54) is 12.1 Å². The molecule has 1 aromatic carbocycles. The average molecular weight is 219 g/mol. The highest BCUT2D eigenvalue weighted by molar-refractivity contribution is 7.46. The number of nitrogens with two attached hydrogens (primary N) is 1. The second-order valence-corrected chi connectivity index (χ2v) is 3.47. The van der Waals surface area contributed by atoms with Gasteiger partial charge in [-0.15, -0.1) is 0 Å². The molecule has 0 unspecified atom stereocenters. The maximum atomic E-state index is 10.3. The third-order valence-electron chi connectivity index (χ3n) is 0.968. The van der Waals surface area contributed by atoms with Crippen LogP contribution < -0.4 is 10.3 Å². The van der Waals surface area contributed by atoms with Crippen LogP contribution in [0.4, 0.5) is 0 Å². The molecule has 14 heavy (non-hydrogen) atoms. The maximum Gasteiger partial charge on any atom is 0.524 e. The number of hydrogen-bond donors (Lipinski definition) is 3. The van der Waals surface area contributed by atoms with Crippen molar-refractivity contribution >= 4 is 7.82 Å². The molecule has 0 bridgehead atoms. The highest BCUT2D eigenvalue weighted by Crippen LogP contribution is 2.36. The molecule has 0 aliphatic rings. The highest BCUT2D eigenvalue weighted by Gasteiger charge is 2.14. The van der Waals surface area contributed by atoms with Crippen molar-refractivity contribution in [2.45, 2.75) is 6.92 Å². The zero-order valence-electron chi connectivity index (χ0n) is 7.83. The van der Waals surface area contributed by atoms with Crippen LogP contribution >= 0.6 is 7.82 Å². The summed E-state index contributed by atoms with van der Waals surface area (Å²) in [5.74, 6) is 0.167. The summed E-state index contributed by atoms with van der Waals surface area (Å²) >= 11 is 0. The molecule has 0 amide bonds. The number of rotatable bonds is 2. The van der Waals surface area contributed by atoms with Crippen molar-refractivity contribution in [1.82, 2.24) is 0 Å². The van der Waals surface area contributed by atoms with E-state index in [9.17, 15) is 4.57 Å². The first kappa shape index (κ1) is 13.1. The monoisotopic (exact) mass is 219 g/mol. The topological polar surface area (TPSA) is 92.8 Å². The van der Waals surface area contributed by atoms with Gasteiger partial charge in [0.15, 0.2) is 0 Å². The Hall–Kier alpha value is -0.870. The van der Waals surface area contributed by atoms with E-state index in [1.807, 2.05) is 6.92 Å². The lowest BCUT2D eigenvalue weighted by molar-refractivity contribution is 0.283. The molecule has 4 N–H and O–H groups in total. The van der Waals surface area contributed by atoms with E-state index in [4.69, 9.17) is 15.5 Å². The molecule has 0 fully saturated rings. The Kier molecular flexibility index (Phi) is 6.16. The third-order valence-corrected chi connectivity index (χ3v) is 1.42. The van der Waals surface area contributed by atoms with E-state index < -0.39 is 7.82 Å². The maximum absolute atomic E-state index is 10.3. The van der Waals surface area contributed by atoms with Crippen LogP contribution in [0.5, 0.6) is 5.75 Å². The molecule has 0 spiro atoms. The van der Waals surface area contributed by atoms with Gasteiger partial charge in [0.25, 0.3) is 0 Å². The van der Waals surface area contributed by atoms with Crippen LogP contribution in [0.2, 0.25) is 0 Å². The molecule has 0 heterocycles. The number of para-hydroxylation sites is 1. The SMILES string of the molecule is CCN.O=P(O)(O)Oc1ccccc1. The zero-order chi connectivity index (χ0) is 11.0. The smallest absolute Gasteiger partial charge is 0.404 e. The van der Waals surface area contributed by atoms with Crippen LogP contribution in [0.15, 0.2) is 30.3 Å². The summed E-state index contributed by atoms with van der Waals surface area (Å²) < 4.78 is 14.5. The fourth-order valence-electron chi connectivity index (χ4n) is 0.619. The first-order valence-electron chi connectivity index (χ1n) is 4.00. The van der Waals surface area contributed by atoms with Crippen LogP contribution in [-0.2, 0) is 4.57 Å². The predicted octanol–water partition coefficient (Wildman–Crippen LogP) is 1.12. The summed E-state index contributed by atoms with van der Waals surface area (Å²) in [7, 11) is -4.39. The van der Waals surface area contributed by atoms with E-state index in [-0.39, 0.29) is 5.75 Å². The van der Waals surface area contributed by atoms with E-state index >= 15 is 0 Å². The van der Waals surface area contributed by atoms with Crippen LogP contribution in [0, 0.1) is 0 Å².